The van der Waals surface area contributed by atoms with Crippen LogP contribution in [0.15, 0.2) is 4.52 Å². The molecule has 2 saturated heterocycles. The van der Waals surface area contributed by atoms with Crippen molar-refractivity contribution in [3.8, 4) is 0 Å². The predicted octanol–water partition coefficient (Wildman–Crippen LogP) is 2.13. The van der Waals surface area contributed by atoms with Gasteiger partial charge in [-0.15, -0.1) is 0 Å². The number of likely N-dealkylation sites (tertiary alicyclic amines) is 1. The van der Waals surface area contributed by atoms with Crippen molar-refractivity contribution >= 4 is 6.03 Å². The molecule has 0 N–H and O–H groups in total. The van der Waals surface area contributed by atoms with Gasteiger partial charge in [-0.1, -0.05) is 5.16 Å². The van der Waals surface area contributed by atoms with Gasteiger partial charge in [-0.2, -0.15) is 4.98 Å². The third kappa shape index (κ3) is 2.82. The van der Waals surface area contributed by atoms with Crippen LogP contribution < -0.4 is 0 Å². The fourth-order valence-electron chi connectivity index (χ4n) is 3.43. The van der Waals surface area contributed by atoms with Crippen LogP contribution in [0.4, 0.5) is 4.79 Å². The van der Waals surface area contributed by atoms with Crippen molar-refractivity contribution < 1.29 is 14.1 Å². The maximum absolute atomic E-state index is 13.1. The Morgan fingerprint density at radius 3 is 2.64 bits per heavy atom. The molecule has 0 aromatic carbocycles. The maximum atomic E-state index is 13.1. The highest BCUT2D eigenvalue weighted by Crippen LogP contribution is 2.29. The number of aryl methyl sites for hydroxylation is 1. The number of hydrogen-bond donors (Lipinski definition) is 0. The Bertz CT molecular complexity index is 523. The third-order valence-electron chi connectivity index (χ3n) is 4.62. The van der Waals surface area contributed by atoms with E-state index in [1.807, 2.05) is 9.80 Å². The van der Waals surface area contributed by atoms with Crippen molar-refractivity contribution in [2.45, 2.75) is 58.2 Å². The average molecular weight is 308 g/mol. The topological polar surface area (TPSA) is 71.7 Å². The van der Waals surface area contributed by atoms with E-state index < -0.39 is 0 Å². The van der Waals surface area contributed by atoms with Crippen LogP contribution in [-0.2, 0) is 4.74 Å². The lowest BCUT2D eigenvalue weighted by Crippen LogP contribution is -2.56. The fraction of sp³-hybridized carbons (Fsp3) is 0.800. The number of carbonyl (C=O) groups is 1. The Morgan fingerprint density at radius 1 is 1.27 bits per heavy atom. The van der Waals surface area contributed by atoms with Crippen LogP contribution in [-0.4, -0.2) is 57.8 Å². The second-order valence-corrected chi connectivity index (χ2v) is 6.28. The van der Waals surface area contributed by atoms with Crippen molar-refractivity contribution in [2.24, 2.45) is 0 Å². The Morgan fingerprint density at radius 2 is 2.00 bits per heavy atom. The van der Waals surface area contributed by atoms with E-state index in [9.17, 15) is 4.79 Å². The van der Waals surface area contributed by atoms with Crippen LogP contribution in [0.25, 0.3) is 0 Å². The molecule has 1 aromatic heterocycles. The molecule has 7 nitrogen and oxygen atoms in total. The summed E-state index contributed by atoms with van der Waals surface area (Å²) in [7, 11) is 0. The highest BCUT2D eigenvalue weighted by atomic mass is 16.5. The number of ether oxygens (including phenoxy) is 1. The smallest absolute Gasteiger partial charge is 0.321 e. The Balaban J connectivity index is 1.82. The van der Waals surface area contributed by atoms with Crippen molar-refractivity contribution in [1.82, 2.24) is 19.9 Å². The summed E-state index contributed by atoms with van der Waals surface area (Å²) in [4.78, 5) is 21.2. The van der Waals surface area contributed by atoms with E-state index in [0.717, 1.165) is 12.8 Å². The number of hydrogen-bond acceptors (Lipinski definition) is 5. The first kappa shape index (κ1) is 15.3. The highest BCUT2D eigenvalue weighted by molar-refractivity contribution is 5.76. The van der Waals surface area contributed by atoms with Gasteiger partial charge in [0.15, 0.2) is 5.82 Å². The molecular weight excluding hydrogens is 284 g/mol. The molecule has 7 heteroatoms. The zero-order chi connectivity index (χ0) is 15.7. The lowest BCUT2D eigenvalue weighted by Gasteiger charge is -2.44. The lowest BCUT2D eigenvalue weighted by atomic mass is 9.98. The largest absolute Gasteiger partial charge is 0.377 e. The second-order valence-electron chi connectivity index (χ2n) is 6.28. The molecule has 1 aromatic rings. The van der Waals surface area contributed by atoms with Crippen LogP contribution in [0.1, 0.15) is 50.9 Å². The SMILES string of the molecule is Cc1noc([C@@H]2COCCN2C(=O)N2[C@H](C)CCC[C@@H]2C)n1. The fourth-order valence-corrected chi connectivity index (χ4v) is 3.43. The van der Waals surface area contributed by atoms with E-state index in [4.69, 9.17) is 9.26 Å². The molecule has 0 aliphatic carbocycles. The zero-order valence-corrected chi connectivity index (χ0v) is 13.5. The van der Waals surface area contributed by atoms with Crippen LogP contribution >= 0.6 is 0 Å². The number of amides is 2. The van der Waals surface area contributed by atoms with Crippen LogP contribution in [0.3, 0.4) is 0 Å². The maximum Gasteiger partial charge on any atom is 0.321 e. The van der Waals surface area contributed by atoms with Gasteiger partial charge in [0, 0.05) is 18.6 Å². The van der Waals surface area contributed by atoms with Gasteiger partial charge in [-0.25, -0.2) is 4.79 Å². The van der Waals surface area contributed by atoms with Crippen LogP contribution in [0.2, 0.25) is 0 Å². The van der Waals surface area contributed by atoms with Gasteiger partial charge >= 0.3 is 6.03 Å². The summed E-state index contributed by atoms with van der Waals surface area (Å²) in [6.07, 6.45) is 3.30. The summed E-state index contributed by atoms with van der Waals surface area (Å²) in [6, 6.07) is 0.306. The van der Waals surface area contributed by atoms with Crippen molar-refractivity contribution in [1.29, 1.82) is 0 Å². The molecule has 2 amide bonds. The minimum absolute atomic E-state index is 0.0591. The number of carbonyl (C=O) groups excluding carboxylic acids is 1. The van der Waals surface area contributed by atoms with Gasteiger partial charge in [0.05, 0.1) is 13.2 Å². The van der Waals surface area contributed by atoms with Crippen LogP contribution in [0.5, 0.6) is 0 Å². The standard InChI is InChI=1S/C15H24N4O3/c1-10-5-4-6-11(2)19(10)15(20)18-7-8-21-9-13(18)14-16-12(3)17-22-14/h10-11,13H,4-9H2,1-3H3/t10-,11+,13-/m0/s1. The van der Waals surface area contributed by atoms with Gasteiger partial charge < -0.3 is 19.1 Å². The first-order chi connectivity index (χ1) is 10.6. The number of piperidine rings is 1. The minimum atomic E-state index is -0.288. The molecule has 3 atom stereocenters. The number of aromatic nitrogens is 2. The summed E-state index contributed by atoms with van der Waals surface area (Å²) in [5, 5.41) is 3.83. The second kappa shape index (κ2) is 6.24. The quantitative estimate of drug-likeness (QED) is 0.795. The van der Waals surface area contributed by atoms with Gasteiger partial charge in [0.2, 0.25) is 0 Å². The molecule has 0 saturated carbocycles. The van der Waals surface area contributed by atoms with Gasteiger partial charge in [0.1, 0.15) is 6.04 Å². The minimum Gasteiger partial charge on any atom is -0.377 e. The predicted molar refractivity (Wildman–Crippen MR) is 79.3 cm³/mol. The normalized spacial score (nSPS) is 29.7. The van der Waals surface area contributed by atoms with Crippen LogP contribution in [0, 0.1) is 6.92 Å². The van der Waals surface area contributed by atoms with Crippen molar-refractivity contribution in [3.05, 3.63) is 11.7 Å². The van der Waals surface area contributed by atoms with E-state index in [1.54, 1.807) is 6.92 Å². The molecule has 122 valence electrons. The van der Waals surface area contributed by atoms with E-state index in [-0.39, 0.29) is 24.2 Å². The molecule has 0 spiro atoms. The molecule has 0 radical (unpaired) electrons. The summed E-state index contributed by atoms with van der Waals surface area (Å²) in [6.45, 7) is 7.54. The first-order valence-electron chi connectivity index (χ1n) is 8.05. The van der Waals surface area contributed by atoms with Gasteiger partial charge in [0.25, 0.3) is 5.89 Å². The lowest BCUT2D eigenvalue weighted by molar-refractivity contribution is -0.0159. The zero-order valence-electron chi connectivity index (χ0n) is 13.5. The molecule has 2 fully saturated rings. The van der Waals surface area contributed by atoms with Gasteiger partial charge in [-0.05, 0) is 40.0 Å². The van der Waals surface area contributed by atoms with Crippen molar-refractivity contribution in [2.75, 3.05) is 19.8 Å². The molecule has 2 aliphatic rings. The number of nitrogens with zero attached hydrogens (tertiary/aromatic N) is 4. The van der Waals surface area contributed by atoms with E-state index in [2.05, 4.69) is 24.0 Å². The van der Waals surface area contributed by atoms with Gasteiger partial charge in [-0.3, -0.25) is 0 Å². The molecule has 3 heterocycles. The third-order valence-corrected chi connectivity index (χ3v) is 4.62. The summed E-state index contributed by atoms with van der Waals surface area (Å²) in [5.41, 5.74) is 0. The molecule has 3 rings (SSSR count). The Kier molecular flexibility index (Phi) is 4.33. The number of urea groups is 1. The average Bonchev–Trinajstić information content (AvgIpc) is 2.93. The van der Waals surface area contributed by atoms with E-state index in [0.29, 0.717) is 31.5 Å². The van der Waals surface area contributed by atoms with E-state index >= 15 is 0 Å². The first-order valence-corrected chi connectivity index (χ1v) is 8.05. The number of morpholine rings is 1. The molecule has 0 unspecified atom stereocenters. The Hall–Kier alpha value is -1.63. The summed E-state index contributed by atoms with van der Waals surface area (Å²) in [5.74, 6) is 1.04. The van der Waals surface area contributed by atoms with E-state index in [1.165, 1.54) is 6.42 Å². The molecule has 22 heavy (non-hydrogen) atoms. The molecule has 0 bridgehead atoms. The number of rotatable bonds is 1. The summed E-state index contributed by atoms with van der Waals surface area (Å²) >= 11 is 0. The highest BCUT2D eigenvalue weighted by Gasteiger charge is 2.38. The monoisotopic (exact) mass is 308 g/mol. The Labute approximate surface area is 130 Å². The van der Waals surface area contributed by atoms with Crippen molar-refractivity contribution in [3.63, 3.8) is 0 Å². The molecular formula is C15H24N4O3. The summed E-state index contributed by atoms with van der Waals surface area (Å²) < 4.78 is 10.8. The molecule has 2 aliphatic heterocycles.